The lowest BCUT2D eigenvalue weighted by atomic mass is 10.1. The highest BCUT2D eigenvalue weighted by Crippen LogP contribution is 2.23. The minimum Gasteiger partial charge on any atom is -0.350 e. The van der Waals surface area contributed by atoms with E-state index in [9.17, 15) is 4.79 Å². The average molecular weight is 214 g/mol. The molecule has 6 nitrogen and oxygen atoms in total. The molecular weight excluding hydrogens is 208 g/mol. The summed E-state index contributed by atoms with van der Waals surface area (Å²) in [4.78, 5) is 15.3. The van der Waals surface area contributed by atoms with Crippen molar-refractivity contribution in [1.29, 1.82) is 0 Å². The summed E-state index contributed by atoms with van der Waals surface area (Å²) in [5, 5.41) is 10.4. The van der Waals surface area contributed by atoms with Crippen molar-refractivity contribution in [1.82, 2.24) is 20.3 Å². The van der Waals surface area contributed by atoms with Crippen LogP contribution >= 0.6 is 0 Å². The standard InChI is InChI=1S/C10H6N4O2/c15-10-9-7(5-12-13-10)8(14-16-9)6-2-1-3-11-4-6/h1-5H,(H,13,15). The third-order valence-electron chi connectivity index (χ3n) is 2.23. The molecule has 3 aromatic rings. The van der Waals surface area contributed by atoms with Gasteiger partial charge in [-0.1, -0.05) is 5.16 Å². The Morgan fingerprint density at radius 2 is 2.25 bits per heavy atom. The fourth-order valence-corrected chi connectivity index (χ4v) is 1.50. The van der Waals surface area contributed by atoms with Gasteiger partial charge in [-0.3, -0.25) is 9.78 Å². The van der Waals surface area contributed by atoms with Crippen LogP contribution in [0.2, 0.25) is 0 Å². The van der Waals surface area contributed by atoms with Crippen LogP contribution in [0.3, 0.4) is 0 Å². The van der Waals surface area contributed by atoms with Crippen LogP contribution in [0.5, 0.6) is 0 Å². The molecule has 3 rings (SSSR count). The number of aromatic amines is 1. The Labute approximate surface area is 88.9 Å². The van der Waals surface area contributed by atoms with Gasteiger partial charge in [0.1, 0.15) is 5.69 Å². The first-order chi connectivity index (χ1) is 7.86. The van der Waals surface area contributed by atoms with Crippen LogP contribution in [0.1, 0.15) is 0 Å². The molecule has 0 aromatic carbocycles. The maximum Gasteiger partial charge on any atom is 0.310 e. The highest BCUT2D eigenvalue weighted by Gasteiger charge is 2.12. The molecule has 16 heavy (non-hydrogen) atoms. The van der Waals surface area contributed by atoms with Gasteiger partial charge in [0.15, 0.2) is 0 Å². The summed E-state index contributed by atoms with van der Waals surface area (Å²) in [7, 11) is 0. The Bertz CT molecular complexity index is 687. The van der Waals surface area contributed by atoms with Crippen molar-refractivity contribution in [3.05, 3.63) is 41.1 Å². The quantitative estimate of drug-likeness (QED) is 0.652. The molecule has 0 saturated carbocycles. The second kappa shape index (κ2) is 3.27. The number of fused-ring (bicyclic) bond motifs is 1. The Hall–Kier alpha value is -2.50. The molecule has 0 fully saturated rings. The minimum absolute atomic E-state index is 0.175. The van der Waals surface area contributed by atoms with Gasteiger partial charge >= 0.3 is 5.56 Å². The van der Waals surface area contributed by atoms with Gasteiger partial charge in [-0.2, -0.15) is 5.10 Å². The molecule has 0 atom stereocenters. The molecule has 0 spiro atoms. The molecule has 0 aliphatic rings. The third-order valence-corrected chi connectivity index (χ3v) is 2.23. The van der Waals surface area contributed by atoms with Crippen molar-refractivity contribution in [3.8, 4) is 11.3 Å². The molecule has 0 aliphatic heterocycles. The first-order valence-electron chi connectivity index (χ1n) is 4.60. The highest BCUT2D eigenvalue weighted by molar-refractivity contribution is 5.89. The molecule has 0 saturated heterocycles. The molecule has 3 aromatic heterocycles. The van der Waals surface area contributed by atoms with Crippen LogP contribution in [0.25, 0.3) is 22.2 Å². The Kier molecular flexibility index (Phi) is 1.79. The van der Waals surface area contributed by atoms with Crippen molar-refractivity contribution in [2.75, 3.05) is 0 Å². The number of hydrogen-bond acceptors (Lipinski definition) is 5. The number of rotatable bonds is 1. The van der Waals surface area contributed by atoms with E-state index in [0.29, 0.717) is 11.1 Å². The molecule has 0 bridgehead atoms. The van der Waals surface area contributed by atoms with E-state index in [-0.39, 0.29) is 11.1 Å². The lowest BCUT2D eigenvalue weighted by Crippen LogP contribution is -2.05. The van der Waals surface area contributed by atoms with Gasteiger partial charge in [-0.25, -0.2) is 5.10 Å². The van der Waals surface area contributed by atoms with Crippen LogP contribution in [-0.2, 0) is 0 Å². The molecule has 6 heteroatoms. The van der Waals surface area contributed by atoms with E-state index in [2.05, 4.69) is 20.3 Å². The zero-order valence-electron chi connectivity index (χ0n) is 8.04. The maximum atomic E-state index is 11.4. The van der Waals surface area contributed by atoms with Gasteiger partial charge in [0, 0.05) is 18.0 Å². The van der Waals surface area contributed by atoms with Crippen molar-refractivity contribution >= 4 is 11.0 Å². The summed E-state index contributed by atoms with van der Waals surface area (Å²) in [5.74, 6) is 0. The summed E-state index contributed by atoms with van der Waals surface area (Å²) >= 11 is 0. The normalized spacial score (nSPS) is 10.8. The Morgan fingerprint density at radius 1 is 1.31 bits per heavy atom. The fraction of sp³-hybridized carbons (Fsp3) is 0. The van der Waals surface area contributed by atoms with Crippen LogP contribution in [-0.4, -0.2) is 20.3 Å². The van der Waals surface area contributed by atoms with Gasteiger partial charge in [0.05, 0.1) is 11.6 Å². The molecule has 0 amide bonds. The molecule has 0 aliphatic carbocycles. The van der Waals surface area contributed by atoms with Crippen LogP contribution in [0, 0.1) is 0 Å². The smallest absolute Gasteiger partial charge is 0.310 e. The lowest BCUT2D eigenvalue weighted by Gasteiger charge is -1.93. The monoisotopic (exact) mass is 214 g/mol. The number of nitrogens with zero attached hydrogens (tertiary/aromatic N) is 3. The average Bonchev–Trinajstić information content (AvgIpc) is 2.75. The zero-order valence-corrected chi connectivity index (χ0v) is 8.04. The van der Waals surface area contributed by atoms with E-state index in [4.69, 9.17) is 4.52 Å². The second-order valence-corrected chi connectivity index (χ2v) is 3.21. The topological polar surface area (TPSA) is 84.7 Å². The minimum atomic E-state index is -0.389. The van der Waals surface area contributed by atoms with Gasteiger partial charge in [-0.15, -0.1) is 0 Å². The summed E-state index contributed by atoms with van der Waals surface area (Å²) in [6.45, 7) is 0. The van der Waals surface area contributed by atoms with Crippen LogP contribution < -0.4 is 5.56 Å². The van der Waals surface area contributed by atoms with E-state index in [1.807, 2.05) is 6.07 Å². The van der Waals surface area contributed by atoms with Gasteiger partial charge < -0.3 is 4.52 Å². The molecule has 1 N–H and O–H groups in total. The molecule has 0 radical (unpaired) electrons. The number of H-pyrrole nitrogens is 1. The van der Waals surface area contributed by atoms with Crippen molar-refractivity contribution < 1.29 is 4.52 Å². The number of hydrogen-bond donors (Lipinski definition) is 1. The number of nitrogens with one attached hydrogen (secondary N) is 1. The molecule has 3 heterocycles. The third kappa shape index (κ3) is 1.20. The summed E-state index contributed by atoms with van der Waals surface area (Å²) in [6, 6.07) is 3.63. The molecule has 0 unspecified atom stereocenters. The Morgan fingerprint density at radius 3 is 3.06 bits per heavy atom. The maximum absolute atomic E-state index is 11.4. The predicted molar refractivity (Wildman–Crippen MR) is 55.7 cm³/mol. The lowest BCUT2D eigenvalue weighted by molar-refractivity contribution is 0.456. The molecular formula is C10H6N4O2. The SMILES string of the molecule is O=c1[nH]ncc2c(-c3cccnc3)noc12. The van der Waals surface area contributed by atoms with E-state index < -0.39 is 0 Å². The van der Waals surface area contributed by atoms with Crippen LogP contribution in [0.4, 0.5) is 0 Å². The van der Waals surface area contributed by atoms with Gasteiger partial charge in [0.2, 0.25) is 5.58 Å². The van der Waals surface area contributed by atoms with E-state index in [1.54, 1.807) is 18.5 Å². The zero-order chi connectivity index (χ0) is 11.0. The van der Waals surface area contributed by atoms with E-state index in [0.717, 1.165) is 5.56 Å². The van der Waals surface area contributed by atoms with E-state index in [1.165, 1.54) is 6.20 Å². The Balaban J connectivity index is 2.34. The van der Waals surface area contributed by atoms with Crippen molar-refractivity contribution in [3.63, 3.8) is 0 Å². The van der Waals surface area contributed by atoms with Gasteiger partial charge in [-0.05, 0) is 12.1 Å². The van der Waals surface area contributed by atoms with E-state index >= 15 is 0 Å². The summed E-state index contributed by atoms with van der Waals surface area (Å²) < 4.78 is 4.97. The largest absolute Gasteiger partial charge is 0.350 e. The van der Waals surface area contributed by atoms with Crippen molar-refractivity contribution in [2.24, 2.45) is 0 Å². The number of pyridine rings is 1. The predicted octanol–water partition coefficient (Wildman–Crippen LogP) is 0.973. The van der Waals surface area contributed by atoms with Crippen LogP contribution in [0.15, 0.2) is 40.0 Å². The first-order valence-corrected chi connectivity index (χ1v) is 4.60. The first kappa shape index (κ1) is 8.78. The highest BCUT2D eigenvalue weighted by atomic mass is 16.5. The van der Waals surface area contributed by atoms with Gasteiger partial charge in [0.25, 0.3) is 0 Å². The second-order valence-electron chi connectivity index (χ2n) is 3.21. The van der Waals surface area contributed by atoms with Crippen molar-refractivity contribution in [2.45, 2.75) is 0 Å². The molecule has 78 valence electrons. The number of aromatic nitrogens is 4. The summed E-state index contributed by atoms with van der Waals surface area (Å²) in [6.07, 6.45) is 4.82. The summed E-state index contributed by atoms with van der Waals surface area (Å²) in [5.41, 5.74) is 1.14. The fourth-order valence-electron chi connectivity index (χ4n) is 1.50.